The molecule has 2 rings (SSSR count). The number of halogens is 1. The van der Waals surface area contributed by atoms with E-state index in [2.05, 4.69) is 15.0 Å². The number of rotatable bonds is 1. The van der Waals surface area contributed by atoms with Crippen molar-refractivity contribution in [1.82, 2.24) is 15.0 Å². The van der Waals surface area contributed by atoms with Gasteiger partial charge in [0.05, 0.1) is 0 Å². The molecule has 3 N–H and O–H groups in total. The van der Waals surface area contributed by atoms with Gasteiger partial charge in [-0.25, -0.2) is 9.18 Å². The Balaban J connectivity index is 2.59. The third-order valence-corrected chi connectivity index (χ3v) is 1.77. The highest BCUT2D eigenvalue weighted by Crippen LogP contribution is 2.14. The molecular weight excluding hydrogens is 199 g/mol. The maximum atomic E-state index is 12.9. The summed E-state index contributed by atoms with van der Waals surface area (Å²) in [6, 6.07) is 5.67. The van der Waals surface area contributed by atoms with Crippen LogP contribution in [0.15, 0.2) is 29.1 Å². The summed E-state index contributed by atoms with van der Waals surface area (Å²) >= 11 is 0. The highest BCUT2D eigenvalue weighted by atomic mass is 19.1. The van der Waals surface area contributed by atoms with Gasteiger partial charge in [-0.2, -0.15) is 9.97 Å². The van der Waals surface area contributed by atoms with E-state index in [0.29, 0.717) is 5.56 Å². The summed E-state index contributed by atoms with van der Waals surface area (Å²) < 4.78 is 12.9. The molecule has 76 valence electrons. The fourth-order valence-electron chi connectivity index (χ4n) is 1.17. The molecule has 0 unspecified atom stereocenters. The van der Waals surface area contributed by atoms with Gasteiger partial charge in [-0.1, -0.05) is 12.1 Å². The summed E-state index contributed by atoms with van der Waals surface area (Å²) in [5.41, 5.74) is 5.13. The summed E-state index contributed by atoms with van der Waals surface area (Å²) in [4.78, 5) is 20.5. The van der Waals surface area contributed by atoms with Crippen molar-refractivity contribution >= 4 is 5.95 Å². The van der Waals surface area contributed by atoms with Gasteiger partial charge >= 0.3 is 5.69 Å². The van der Waals surface area contributed by atoms with Crippen LogP contribution in [0.1, 0.15) is 0 Å². The van der Waals surface area contributed by atoms with Gasteiger partial charge in [0.1, 0.15) is 11.6 Å². The van der Waals surface area contributed by atoms with Crippen LogP contribution in [0, 0.1) is 5.82 Å². The third kappa shape index (κ3) is 1.98. The molecule has 0 aliphatic rings. The molecule has 1 aromatic heterocycles. The Hall–Kier alpha value is -2.24. The Morgan fingerprint density at radius 1 is 1.33 bits per heavy atom. The molecule has 0 amide bonds. The van der Waals surface area contributed by atoms with E-state index in [1.54, 1.807) is 6.07 Å². The first-order valence-electron chi connectivity index (χ1n) is 4.15. The number of hydrogen-bond acceptors (Lipinski definition) is 4. The van der Waals surface area contributed by atoms with E-state index in [4.69, 9.17) is 5.73 Å². The van der Waals surface area contributed by atoms with Crippen LogP contribution in [0.5, 0.6) is 0 Å². The number of aromatic amines is 1. The first-order chi connectivity index (χ1) is 7.15. The zero-order valence-electron chi connectivity index (χ0n) is 7.57. The number of nitrogens with zero attached hydrogens (tertiary/aromatic N) is 2. The highest BCUT2D eigenvalue weighted by Gasteiger charge is 2.03. The number of H-pyrrole nitrogens is 1. The number of benzene rings is 1. The lowest BCUT2D eigenvalue weighted by Crippen LogP contribution is -2.15. The minimum absolute atomic E-state index is 0.141. The van der Waals surface area contributed by atoms with Crippen LogP contribution in [-0.2, 0) is 0 Å². The zero-order valence-corrected chi connectivity index (χ0v) is 7.57. The quantitative estimate of drug-likeness (QED) is 0.713. The predicted octanol–water partition coefficient (Wildman–Crippen LogP) is 0.553. The second-order valence-electron chi connectivity index (χ2n) is 2.87. The first kappa shape index (κ1) is 9.32. The molecular formula is C9H7FN4O. The molecule has 0 aliphatic heterocycles. The average Bonchev–Trinajstić information content (AvgIpc) is 2.16. The molecule has 0 atom stereocenters. The van der Waals surface area contributed by atoms with E-state index in [1.807, 2.05) is 0 Å². The van der Waals surface area contributed by atoms with E-state index >= 15 is 0 Å². The Morgan fingerprint density at radius 3 is 2.80 bits per heavy atom. The van der Waals surface area contributed by atoms with Crippen molar-refractivity contribution in [3.63, 3.8) is 0 Å². The van der Waals surface area contributed by atoms with Crippen LogP contribution in [0.4, 0.5) is 10.3 Å². The largest absolute Gasteiger partial charge is 0.368 e. The molecule has 5 nitrogen and oxygen atoms in total. The number of anilines is 1. The predicted molar refractivity (Wildman–Crippen MR) is 52.5 cm³/mol. The molecule has 0 saturated carbocycles. The van der Waals surface area contributed by atoms with Gasteiger partial charge in [0.2, 0.25) is 5.95 Å². The van der Waals surface area contributed by atoms with Crippen LogP contribution in [0.3, 0.4) is 0 Å². The summed E-state index contributed by atoms with van der Waals surface area (Å²) in [5.74, 6) is -0.351. The Morgan fingerprint density at radius 2 is 2.13 bits per heavy atom. The number of nitrogens with one attached hydrogen (secondary N) is 1. The average molecular weight is 206 g/mol. The van der Waals surface area contributed by atoms with E-state index in [0.717, 1.165) is 0 Å². The standard InChI is InChI=1S/C9H7FN4O/c10-6-3-1-2-5(4-6)7-12-8(11)14-9(15)13-7/h1-4H,(H3,11,12,13,14,15). The van der Waals surface area contributed by atoms with Crippen molar-refractivity contribution in [3.8, 4) is 11.4 Å². The van der Waals surface area contributed by atoms with Gasteiger partial charge in [-0.15, -0.1) is 0 Å². The van der Waals surface area contributed by atoms with Crippen LogP contribution in [0.25, 0.3) is 11.4 Å². The smallest absolute Gasteiger partial charge is 0.349 e. The number of hydrogen-bond donors (Lipinski definition) is 2. The monoisotopic (exact) mass is 206 g/mol. The molecule has 6 heteroatoms. The van der Waals surface area contributed by atoms with Crippen LogP contribution < -0.4 is 11.4 Å². The molecule has 1 aromatic carbocycles. The zero-order chi connectivity index (χ0) is 10.8. The second kappa shape index (κ2) is 3.49. The summed E-state index contributed by atoms with van der Waals surface area (Å²) in [6.45, 7) is 0. The molecule has 1 heterocycles. The van der Waals surface area contributed by atoms with E-state index in [1.165, 1.54) is 18.2 Å². The lowest BCUT2D eigenvalue weighted by Gasteiger charge is -2.00. The van der Waals surface area contributed by atoms with Crippen molar-refractivity contribution < 1.29 is 4.39 Å². The Labute approximate surface area is 83.8 Å². The van der Waals surface area contributed by atoms with E-state index < -0.39 is 11.5 Å². The first-order valence-corrected chi connectivity index (χ1v) is 4.15. The third-order valence-electron chi connectivity index (χ3n) is 1.77. The summed E-state index contributed by atoms with van der Waals surface area (Å²) in [6.07, 6.45) is 0. The minimum atomic E-state index is -0.609. The van der Waals surface area contributed by atoms with Crippen molar-refractivity contribution in [2.24, 2.45) is 0 Å². The maximum absolute atomic E-state index is 12.9. The number of aromatic nitrogens is 3. The maximum Gasteiger partial charge on any atom is 0.349 e. The molecule has 0 aliphatic carbocycles. The molecule has 0 saturated heterocycles. The van der Waals surface area contributed by atoms with E-state index in [-0.39, 0.29) is 11.8 Å². The van der Waals surface area contributed by atoms with Crippen molar-refractivity contribution in [2.75, 3.05) is 5.73 Å². The fourth-order valence-corrected chi connectivity index (χ4v) is 1.17. The lowest BCUT2D eigenvalue weighted by molar-refractivity contribution is 0.628. The van der Waals surface area contributed by atoms with Gasteiger partial charge in [0.25, 0.3) is 0 Å². The number of nitrogens with two attached hydrogens (primary N) is 1. The lowest BCUT2D eigenvalue weighted by atomic mass is 10.2. The van der Waals surface area contributed by atoms with Gasteiger partial charge in [-0.3, -0.25) is 4.98 Å². The van der Waals surface area contributed by atoms with E-state index in [9.17, 15) is 9.18 Å². The van der Waals surface area contributed by atoms with Crippen molar-refractivity contribution in [1.29, 1.82) is 0 Å². The normalized spacial score (nSPS) is 10.2. The molecule has 15 heavy (non-hydrogen) atoms. The Kier molecular flexibility index (Phi) is 2.17. The SMILES string of the molecule is Nc1nc(-c2cccc(F)c2)[nH]c(=O)n1. The van der Waals surface area contributed by atoms with Gasteiger partial charge in [0.15, 0.2) is 0 Å². The minimum Gasteiger partial charge on any atom is -0.368 e. The summed E-state index contributed by atoms with van der Waals surface area (Å²) in [5, 5.41) is 0. The van der Waals surface area contributed by atoms with Gasteiger partial charge in [0, 0.05) is 5.56 Å². The molecule has 0 fully saturated rings. The highest BCUT2D eigenvalue weighted by molar-refractivity contribution is 5.55. The fraction of sp³-hybridized carbons (Fsp3) is 0. The van der Waals surface area contributed by atoms with Crippen molar-refractivity contribution in [2.45, 2.75) is 0 Å². The number of nitrogen functional groups attached to an aromatic ring is 1. The van der Waals surface area contributed by atoms with Crippen molar-refractivity contribution in [3.05, 3.63) is 40.6 Å². The van der Waals surface area contributed by atoms with Crippen LogP contribution in [-0.4, -0.2) is 15.0 Å². The molecule has 2 aromatic rings. The van der Waals surface area contributed by atoms with Crippen LogP contribution in [0.2, 0.25) is 0 Å². The van der Waals surface area contributed by atoms with Gasteiger partial charge in [-0.05, 0) is 12.1 Å². The second-order valence-corrected chi connectivity index (χ2v) is 2.87. The topological polar surface area (TPSA) is 84.7 Å². The molecule has 0 bridgehead atoms. The molecule has 0 spiro atoms. The summed E-state index contributed by atoms with van der Waals surface area (Å²) in [7, 11) is 0. The van der Waals surface area contributed by atoms with Crippen LogP contribution >= 0.6 is 0 Å². The Bertz CT molecular complexity index is 552. The van der Waals surface area contributed by atoms with Gasteiger partial charge < -0.3 is 5.73 Å². The molecule has 0 radical (unpaired) electrons.